The second kappa shape index (κ2) is 6.82. The number of amides is 1. The fourth-order valence-corrected chi connectivity index (χ4v) is 2.05. The molecule has 3 nitrogen and oxygen atoms in total. The molecule has 0 unspecified atom stereocenters. The van der Waals surface area contributed by atoms with Crippen LogP contribution in [0.2, 0.25) is 0 Å². The van der Waals surface area contributed by atoms with Crippen LogP contribution in [0.5, 0.6) is 0 Å². The summed E-state index contributed by atoms with van der Waals surface area (Å²) in [5.41, 5.74) is 0. The van der Waals surface area contributed by atoms with Crippen molar-refractivity contribution in [2.45, 2.75) is 38.5 Å². The summed E-state index contributed by atoms with van der Waals surface area (Å²) < 4.78 is 0. The maximum absolute atomic E-state index is 11.3. The first-order chi connectivity index (χ1) is 6.83. The third kappa shape index (κ3) is 4.61. The molecular weight excluding hydrogens is 176 g/mol. The summed E-state index contributed by atoms with van der Waals surface area (Å²) in [7, 11) is 1.89. The average Bonchev–Trinajstić information content (AvgIpc) is 2.68. The van der Waals surface area contributed by atoms with Gasteiger partial charge in [0.05, 0.1) is 0 Å². The van der Waals surface area contributed by atoms with E-state index in [9.17, 15) is 4.79 Å². The lowest BCUT2D eigenvalue weighted by Crippen LogP contribution is -2.30. The van der Waals surface area contributed by atoms with Gasteiger partial charge in [-0.2, -0.15) is 0 Å². The predicted molar refractivity (Wildman–Crippen MR) is 58.1 cm³/mol. The molecule has 0 heterocycles. The van der Waals surface area contributed by atoms with Gasteiger partial charge in [0.25, 0.3) is 0 Å². The minimum Gasteiger partial charge on any atom is -0.355 e. The Morgan fingerprint density at radius 3 is 2.64 bits per heavy atom. The zero-order valence-corrected chi connectivity index (χ0v) is 9.14. The van der Waals surface area contributed by atoms with Gasteiger partial charge in [0.1, 0.15) is 0 Å². The van der Waals surface area contributed by atoms with Crippen molar-refractivity contribution < 1.29 is 4.79 Å². The van der Waals surface area contributed by atoms with Gasteiger partial charge < -0.3 is 10.6 Å². The Kier molecular flexibility index (Phi) is 5.60. The Bertz CT molecular complexity index is 165. The van der Waals surface area contributed by atoms with Crippen molar-refractivity contribution >= 4 is 5.91 Å². The highest BCUT2D eigenvalue weighted by Gasteiger charge is 2.15. The van der Waals surface area contributed by atoms with Crippen LogP contribution in [-0.4, -0.2) is 26.0 Å². The lowest BCUT2D eigenvalue weighted by Gasteiger charge is -2.08. The maximum atomic E-state index is 11.3. The van der Waals surface area contributed by atoms with Crippen molar-refractivity contribution in [1.82, 2.24) is 10.6 Å². The number of nitrogens with one attached hydrogen (secondary N) is 2. The van der Waals surface area contributed by atoms with Crippen LogP contribution in [0.3, 0.4) is 0 Å². The van der Waals surface area contributed by atoms with Crippen LogP contribution in [0.4, 0.5) is 0 Å². The van der Waals surface area contributed by atoms with Crippen molar-refractivity contribution in [2.75, 3.05) is 20.1 Å². The average molecular weight is 198 g/mol. The summed E-state index contributed by atoms with van der Waals surface area (Å²) in [4.78, 5) is 11.3. The highest BCUT2D eigenvalue weighted by atomic mass is 16.1. The van der Waals surface area contributed by atoms with E-state index in [0.717, 1.165) is 25.4 Å². The number of carbonyl (C=O) groups excluding carboxylic acids is 1. The molecule has 14 heavy (non-hydrogen) atoms. The standard InChI is InChI=1S/C11H22N2O/c1-12-8-9-13-11(14)7-6-10-4-2-3-5-10/h10,12H,2-9H2,1H3,(H,13,14). The highest BCUT2D eigenvalue weighted by molar-refractivity contribution is 5.75. The smallest absolute Gasteiger partial charge is 0.220 e. The highest BCUT2D eigenvalue weighted by Crippen LogP contribution is 2.28. The Hall–Kier alpha value is -0.570. The van der Waals surface area contributed by atoms with Crippen LogP contribution in [0, 0.1) is 5.92 Å². The number of hydrogen-bond acceptors (Lipinski definition) is 2. The molecule has 0 radical (unpaired) electrons. The number of hydrogen-bond donors (Lipinski definition) is 2. The minimum absolute atomic E-state index is 0.215. The van der Waals surface area contributed by atoms with Gasteiger partial charge in [0.2, 0.25) is 5.91 Å². The molecule has 1 aliphatic rings. The zero-order valence-electron chi connectivity index (χ0n) is 9.14. The molecular formula is C11H22N2O. The minimum atomic E-state index is 0.215. The molecule has 1 saturated carbocycles. The van der Waals surface area contributed by atoms with Crippen LogP contribution in [0.25, 0.3) is 0 Å². The summed E-state index contributed by atoms with van der Waals surface area (Å²) in [6, 6.07) is 0. The molecule has 3 heteroatoms. The Balaban J connectivity index is 1.96. The first-order valence-corrected chi connectivity index (χ1v) is 5.74. The van der Waals surface area contributed by atoms with Crippen molar-refractivity contribution in [3.63, 3.8) is 0 Å². The van der Waals surface area contributed by atoms with Crippen molar-refractivity contribution in [2.24, 2.45) is 5.92 Å². The van der Waals surface area contributed by atoms with Crippen molar-refractivity contribution in [1.29, 1.82) is 0 Å². The van der Waals surface area contributed by atoms with Crippen molar-refractivity contribution in [3.8, 4) is 0 Å². The van der Waals surface area contributed by atoms with E-state index in [4.69, 9.17) is 0 Å². The van der Waals surface area contributed by atoms with E-state index < -0.39 is 0 Å². The molecule has 0 aromatic heterocycles. The summed E-state index contributed by atoms with van der Waals surface area (Å²) in [6.07, 6.45) is 7.21. The monoisotopic (exact) mass is 198 g/mol. The van der Waals surface area contributed by atoms with E-state index in [-0.39, 0.29) is 5.91 Å². The largest absolute Gasteiger partial charge is 0.355 e. The van der Waals surface area contributed by atoms with E-state index in [2.05, 4.69) is 10.6 Å². The molecule has 1 amide bonds. The first-order valence-electron chi connectivity index (χ1n) is 5.74. The van der Waals surface area contributed by atoms with Gasteiger partial charge in [-0.1, -0.05) is 25.7 Å². The Morgan fingerprint density at radius 1 is 1.29 bits per heavy atom. The fourth-order valence-electron chi connectivity index (χ4n) is 2.05. The second-order valence-corrected chi connectivity index (χ2v) is 4.14. The van der Waals surface area contributed by atoms with Crippen LogP contribution >= 0.6 is 0 Å². The lowest BCUT2D eigenvalue weighted by atomic mass is 10.0. The first kappa shape index (κ1) is 11.5. The van der Waals surface area contributed by atoms with E-state index in [1.807, 2.05) is 7.05 Å². The molecule has 1 fully saturated rings. The fraction of sp³-hybridized carbons (Fsp3) is 0.909. The third-order valence-electron chi connectivity index (χ3n) is 2.95. The molecule has 0 aromatic rings. The van der Waals surface area contributed by atoms with Gasteiger partial charge in [-0.3, -0.25) is 4.79 Å². The summed E-state index contributed by atoms with van der Waals surface area (Å²) in [5.74, 6) is 1.04. The number of carbonyl (C=O) groups is 1. The number of likely N-dealkylation sites (N-methyl/N-ethyl adjacent to an activating group) is 1. The molecule has 0 aromatic carbocycles. The van der Waals surface area contributed by atoms with Crippen molar-refractivity contribution in [3.05, 3.63) is 0 Å². The van der Waals surface area contributed by atoms with Gasteiger partial charge in [-0.15, -0.1) is 0 Å². The van der Waals surface area contributed by atoms with E-state index >= 15 is 0 Å². The molecule has 0 bridgehead atoms. The molecule has 0 atom stereocenters. The lowest BCUT2D eigenvalue weighted by molar-refractivity contribution is -0.121. The normalized spacial score (nSPS) is 17.2. The molecule has 1 aliphatic carbocycles. The van der Waals surface area contributed by atoms with Crippen LogP contribution in [0.1, 0.15) is 38.5 Å². The third-order valence-corrected chi connectivity index (χ3v) is 2.95. The van der Waals surface area contributed by atoms with E-state index in [0.29, 0.717) is 6.42 Å². The van der Waals surface area contributed by atoms with Gasteiger partial charge in [0.15, 0.2) is 0 Å². The summed E-state index contributed by atoms with van der Waals surface area (Å²) in [5, 5.41) is 5.91. The quantitative estimate of drug-likeness (QED) is 0.631. The molecule has 82 valence electrons. The SMILES string of the molecule is CNCCNC(=O)CCC1CCCC1. The van der Waals surface area contributed by atoms with Gasteiger partial charge >= 0.3 is 0 Å². The zero-order chi connectivity index (χ0) is 10.2. The molecule has 2 N–H and O–H groups in total. The number of rotatable bonds is 6. The van der Waals surface area contributed by atoms with Crippen LogP contribution < -0.4 is 10.6 Å². The molecule has 0 aliphatic heterocycles. The maximum Gasteiger partial charge on any atom is 0.220 e. The van der Waals surface area contributed by atoms with Gasteiger partial charge in [-0.05, 0) is 19.4 Å². The van der Waals surface area contributed by atoms with E-state index in [1.165, 1.54) is 25.7 Å². The van der Waals surface area contributed by atoms with E-state index in [1.54, 1.807) is 0 Å². The molecule has 0 saturated heterocycles. The summed E-state index contributed by atoms with van der Waals surface area (Å²) in [6.45, 7) is 1.61. The molecule has 0 spiro atoms. The Morgan fingerprint density at radius 2 is 2.00 bits per heavy atom. The topological polar surface area (TPSA) is 41.1 Å². The van der Waals surface area contributed by atoms with Gasteiger partial charge in [0, 0.05) is 19.5 Å². The Labute approximate surface area is 86.6 Å². The predicted octanol–water partition coefficient (Wildman–Crippen LogP) is 1.29. The van der Waals surface area contributed by atoms with Gasteiger partial charge in [-0.25, -0.2) is 0 Å². The second-order valence-electron chi connectivity index (χ2n) is 4.14. The van der Waals surface area contributed by atoms with Crippen LogP contribution in [-0.2, 0) is 4.79 Å². The van der Waals surface area contributed by atoms with Crippen LogP contribution in [0.15, 0.2) is 0 Å². The molecule has 1 rings (SSSR count). The summed E-state index contributed by atoms with van der Waals surface area (Å²) >= 11 is 0.